The second-order valence-electron chi connectivity index (χ2n) is 6.51. The first-order chi connectivity index (χ1) is 11.6. The molecule has 0 spiro atoms. The van der Waals surface area contributed by atoms with Gasteiger partial charge >= 0.3 is 0 Å². The third-order valence-electron chi connectivity index (χ3n) is 4.20. The van der Waals surface area contributed by atoms with Gasteiger partial charge in [0, 0.05) is 38.1 Å². The van der Waals surface area contributed by atoms with Gasteiger partial charge in [-0.25, -0.2) is 0 Å². The van der Waals surface area contributed by atoms with Crippen LogP contribution in [0.5, 0.6) is 0 Å². The molecule has 7 heteroatoms. The number of aliphatic hydroxyl groups excluding tert-OH is 1. The summed E-state index contributed by atoms with van der Waals surface area (Å²) in [5.41, 5.74) is 0.998. The number of aliphatic hydroxyl groups is 1. The van der Waals surface area contributed by atoms with E-state index in [2.05, 4.69) is 17.2 Å². The van der Waals surface area contributed by atoms with Gasteiger partial charge in [0.1, 0.15) is 5.76 Å². The molecule has 0 aliphatic carbocycles. The number of hydrogen-bond donors (Lipinski definition) is 3. The Labute approximate surface area is 167 Å². The molecule has 6 nitrogen and oxygen atoms in total. The summed E-state index contributed by atoms with van der Waals surface area (Å²) in [6, 6.07) is 3.86. The number of ether oxygens (including phenoxy) is 1. The van der Waals surface area contributed by atoms with E-state index < -0.39 is 0 Å². The lowest BCUT2D eigenvalue weighted by Gasteiger charge is -2.25. The smallest absolute Gasteiger partial charge is 0.191 e. The Bertz CT molecular complexity index is 526. The van der Waals surface area contributed by atoms with E-state index in [1.807, 2.05) is 19.1 Å². The van der Waals surface area contributed by atoms with Crippen molar-refractivity contribution in [3.8, 4) is 0 Å². The summed E-state index contributed by atoms with van der Waals surface area (Å²) in [6.07, 6.45) is 4.14. The van der Waals surface area contributed by atoms with E-state index in [1.54, 1.807) is 6.26 Å². The van der Waals surface area contributed by atoms with Gasteiger partial charge in [-0.05, 0) is 31.9 Å². The Morgan fingerprint density at radius 3 is 2.88 bits per heavy atom. The number of aliphatic imine (C=N–C) groups is 1. The van der Waals surface area contributed by atoms with Crippen LogP contribution in [-0.2, 0) is 11.2 Å². The molecule has 2 rings (SSSR count). The highest BCUT2D eigenvalue weighted by Gasteiger charge is 2.34. The second-order valence-corrected chi connectivity index (χ2v) is 6.51. The van der Waals surface area contributed by atoms with Gasteiger partial charge in [0.15, 0.2) is 5.96 Å². The fourth-order valence-corrected chi connectivity index (χ4v) is 2.70. The molecule has 1 aliphatic rings. The third kappa shape index (κ3) is 7.79. The average Bonchev–Trinajstić information content (AvgIpc) is 3.22. The maximum atomic E-state index is 9.32. The predicted octanol–water partition coefficient (Wildman–Crippen LogP) is 2.34. The van der Waals surface area contributed by atoms with Gasteiger partial charge in [0.05, 0.1) is 19.4 Å². The van der Waals surface area contributed by atoms with Gasteiger partial charge in [0.2, 0.25) is 0 Å². The maximum Gasteiger partial charge on any atom is 0.191 e. The number of rotatable bonds is 9. The monoisotopic (exact) mass is 463 g/mol. The molecule has 3 N–H and O–H groups in total. The molecule has 1 aliphatic heterocycles. The van der Waals surface area contributed by atoms with Crippen LogP contribution in [0.1, 0.15) is 25.5 Å². The Kier molecular flexibility index (Phi) is 10.1. The highest BCUT2D eigenvalue weighted by Crippen LogP contribution is 2.32. The Hall–Kier alpha value is -1.06. The first kappa shape index (κ1) is 22.0. The van der Waals surface area contributed by atoms with Gasteiger partial charge in [-0.15, -0.1) is 24.0 Å². The zero-order chi connectivity index (χ0) is 17.3. The van der Waals surface area contributed by atoms with Crippen molar-refractivity contribution < 1.29 is 14.3 Å². The van der Waals surface area contributed by atoms with Crippen molar-refractivity contribution in [3.63, 3.8) is 0 Å². The predicted molar refractivity (Wildman–Crippen MR) is 111 cm³/mol. The Morgan fingerprint density at radius 1 is 1.44 bits per heavy atom. The molecule has 2 heterocycles. The van der Waals surface area contributed by atoms with Crippen molar-refractivity contribution in [2.75, 3.05) is 39.5 Å². The second kappa shape index (κ2) is 11.5. The van der Waals surface area contributed by atoms with Gasteiger partial charge in [0.25, 0.3) is 0 Å². The molecule has 1 aromatic heterocycles. The van der Waals surface area contributed by atoms with E-state index in [9.17, 15) is 5.11 Å². The highest BCUT2D eigenvalue weighted by atomic mass is 127. The molecule has 1 aromatic rings. The van der Waals surface area contributed by atoms with E-state index in [-0.39, 0.29) is 36.0 Å². The normalized spacial score (nSPS) is 20.2. The van der Waals surface area contributed by atoms with Crippen LogP contribution >= 0.6 is 24.0 Å². The molecule has 1 unspecified atom stereocenters. The summed E-state index contributed by atoms with van der Waals surface area (Å²) in [7, 11) is 0. The van der Waals surface area contributed by atoms with E-state index in [1.165, 1.54) is 0 Å². The van der Waals surface area contributed by atoms with Gasteiger partial charge < -0.3 is 24.9 Å². The summed E-state index contributed by atoms with van der Waals surface area (Å²) in [5, 5.41) is 15.9. The van der Waals surface area contributed by atoms with Gasteiger partial charge in [-0.3, -0.25) is 4.99 Å². The third-order valence-corrected chi connectivity index (χ3v) is 4.20. The summed E-state index contributed by atoms with van der Waals surface area (Å²) in [5.74, 6) is 1.71. The fourth-order valence-electron chi connectivity index (χ4n) is 2.70. The van der Waals surface area contributed by atoms with Crippen molar-refractivity contribution in [3.05, 3.63) is 36.3 Å². The molecule has 1 saturated heterocycles. The molecule has 142 valence electrons. The van der Waals surface area contributed by atoms with Crippen molar-refractivity contribution >= 4 is 29.9 Å². The molecular weight excluding hydrogens is 433 g/mol. The number of nitrogens with one attached hydrogen (secondary N) is 2. The molecule has 0 radical (unpaired) electrons. The van der Waals surface area contributed by atoms with E-state index in [0.717, 1.165) is 49.7 Å². The SMILES string of the molecule is C=C(C)CNC(=NCC1(CCO)CCOC1)NCCc1ccco1.I. The van der Waals surface area contributed by atoms with Crippen LogP contribution < -0.4 is 10.6 Å². The van der Waals surface area contributed by atoms with Crippen molar-refractivity contribution in [1.82, 2.24) is 10.6 Å². The zero-order valence-electron chi connectivity index (χ0n) is 14.9. The minimum absolute atomic E-state index is 0. The summed E-state index contributed by atoms with van der Waals surface area (Å²) < 4.78 is 10.9. The average molecular weight is 463 g/mol. The van der Waals surface area contributed by atoms with E-state index in [0.29, 0.717) is 19.7 Å². The largest absolute Gasteiger partial charge is 0.469 e. The van der Waals surface area contributed by atoms with Gasteiger partial charge in [-0.1, -0.05) is 12.2 Å². The van der Waals surface area contributed by atoms with Crippen molar-refractivity contribution in [2.24, 2.45) is 10.4 Å². The number of nitrogens with zero attached hydrogens (tertiary/aromatic N) is 1. The molecule has 25 heavy (non-hydrogen) atoms. The molecule has 0 amide bonds. The lowest BCUT2D eigenvalue weighted by atomic mass is 9.84. The first-order valence-electron chi connectivity index (χ1n) is 8.51. The number of furan rings is 1. The molecule has 1 fully saturated rings. The highest BCUT2D eigenvalue weighted by molar-refractivity contribution is 14.0. The van der Waals surface area contributed by atoms with Crippen LogP contribution in [0.4, 0.5) is 0 Å². The maximum absolute atomic E-state index is 9.32. The van der Waals surface area contributed by atoms with Crippen LogP contribution in [0, 0.1) is 5.41 Å². The minimum Gasteiger partial charge on any atom is -0.469 e. The minimum atomic E-state index is -0.0480. The van der Waals surface area contributed by atoms with Gasteiger partial charge in [-0.2, -0.15) is 0 Å². The summed E-state index contributed by atoms with van der Waals surface area (Å²) >= 11 is 0. The molecular formula is C18H30IN3O3. The van der Waals surface area contributed by atoms with Crippen molar-refractivity contribution in [1.29, 1.82) is 0 Å². The quantitative estimate of drug-likeness (QED) is 0.227. The number of halogens is 1. The first-order valence-corrected chi connectivity index (χ1v) is 8.51. The standard InChI is InChI=1S/C18H29N3O3.HI/c1-15(2)12-20-17(19-8-5-16-4-3-10-24-16)21-13-18(6-9-22)7-11-23-14-18;/h3-4,10,22H,1,5-9,11-14H2,2H3,(H2,19,20,21);1H. The van der Waals surface area contributed by atoms with E-state index >= 15 is 0 Å². The molecule has 0 saturated carbocycles. The Balaban J connectivity index is 0.00000312. The summed E-state index contributed by atoms with van der Waals surface area (Å²) in [6.45, 7) is 9.52. The zero-order valence-corrected chi connectivity index (χ0v) is 17.3. The van der Waals surface area contributed by atoms with Crippen LogP contribution in [0.2, 0.25) is 0 Å². The molecule has 0 aromatic carbocycles. The lowest BCUT2D eigenvalue weighted by molar-refractivity contribution is 0.131. The molecule has 1 atom stereocenters. The van der Waals surface area contributed by atoms with Crippen LogP contribution in [0.25, 0.3) is 0 Å². The topological polar surface area (TPSA) is 79.0 Å². The summed E-state index contributed by atoms with van der Waals surface area (Å²) in [4.78, 5) is 4.72. The Morgan fingerprint density at radius 2 is 2.28 bits per heavy atom. The number of hydrogen-bond acceptors (Lipinski definition) is 4. The van der Waals surface area contributed by atoms with Crippen LogP contribution in [0.15, 0.2) is 40.0 Å². The van der Waals surface area contributed by atoms with Crippen LogP contribution in [-0.4, -0.2) is 50.5 Å². The fraction of sp³-hybridized carbons (Fsp3) is 0.611. The van der Waals surface area contributed by atoms with E-state index in [4.69, 9.17) is 14.1 Å². The van der Waals surface area contributed by atoms with Crippen molar-refractivity contribution in [2.45, 2.75) is 26.2 Å². The number of guanidine groups is 1. The molecule has 0 bridgehead atoms. The van der Waals surface area contributed by atoms with Crippen LogP contribution in [0.3, 0.4) is 0 Å². The lowest BCUT2D eigenvalue weighted by Crippen LogP contribution is -2.40.